The highest BCUT2D eigenvalue weighted by molar-refractivity contribution is 5.68. The number of carbonyl (C=O) groups is 1. The van der Waals surface area contributed by atoms with Crippen LogP contribution in [0.15, 0.2) is 0 Å². The molecule has 4 nitrogen and oxygen atoms in total. The number of amides is 1. The lowest BCUT2D eigenvalue weighted by molar-refractivity contribution is 0.0191. The largest absolute Gasteiger partial charge is 0.444 e. The number of nitrogens with two attached hydrogens (primary N) is 1. The average Bonchev–Trinajstić information content (AvgIpc) is 2.79. The van der Waals surface area contributed by atoms with E-state index in [1.807, 2.05) is 20.8 Å². The van der Waals surface area contributed by atoms with Crippen molar-refractivity contribution in [1.82, 2.24) is 4.90 Å². The molecule has 2 N–H and O–H groups in total. The van der Waals surface area contributed by atoms with Gasteiger partial charge in [-0.05, 0) is 39.0 Å². The molecule has 2 fully saturated rings. The van der Waals surface area contributed by atoms with Gasteiger partial charge in [0.15, 0.2) is 0 Å². The van der Waals surface area contributed by atoms with Crippen LogP contribution in [0.1, 0.15) is 27.2 Å². The number of ether oxygens (including phenoxy) is 1. The summed E-state index contributed by atoms with van der Waals surface area (Å²) in [6, 6.07) is 0.149. The normalized spacial score (nSPS) is 34.7. The first-order valence-corrected chi connectivity index (χ1v) is 5.60. The van der Waals surface area contributed by atoms with Crippen LogP contribution in [0.3, 0.4) is 0 Å². The van der Waals surface area contributed by atoms with E-state index < -0.39 is 5.60 Å². The highest BCUT2D eigenvalue weighted by atomic mass is 16.6. The van der Waals surface area contributed by atoms with Gasteiger partial charge in [0.25, 0.3) is 0 Å². The zero-order valence-corrected chi connectivity index (χ0v) is 9.69. The van der Waals surface area contributed by atoms with E-state index in [1.165, 1.54) is 6.42 Å². The Morgan fingerprint density at radius 3 is 2.60 bits per heavy atom. The summed E-state index contributed by atoms with van der Waals surface area (Å²) in [7, 11) is 0. The molecule has 0 aromatic carbocycles. The molecule has 1 amide bonds. The van der Waals surface area contributed by atoms with Gasteiger partial charge in [-0.1, -0.05) is 0 Å². The van der Waals surface area contributed by atoms with Gasteiger partial charge in [0.2, 0.25) is 0 Å². The maximum absolute atomic E-state index is 11.8. The minimum atomic E-state index is -0.415. The Kier molecular flexibility index (Phi) is 2.41. The number of likely N-dealkylation sites (tertiary alicyclic amines) is 1. The molecule has 0 unspecified atom stereocenters. The third-order valence-electron chi connectivity index (χ3n) is 3.07. The monoisotopic (exact) mass is 212 g/mol. The second kappa shape index (κ2) is 3.37. The summed E-state index contributed by atoms with van der Waals surface area (Å²) in [6.07, 6.45) is 0.962. The third kappa shape index (κ3) is 2.43. The Bertz CT molecular complexity index is 272. The quantitative estimate of drug-likeness (QED) is 0.656. The highest BCUT2D eigenvalue weighted by Crippen LogP contribution is 2.44. The molecule has 1 saturated heterocycles. The highest BCUT2D eigenvalue weighted by Gasteiger charge is 2.48. The fourth-order valence-electron chi connectivity index (χ4n) is 2.23. The Morgan fingerprint density at radius 2 is 2.07 bits per heavy atom. The summed E-state index contributed by atoms with van der Waals surface area (Å²) >= 11 is 0. The lowest BCUT2D eigenvalue weighted by Gasteiger charge is -2.32. The van der Waals surface area contributed by atoms with Gasteiger partial charge in [-0.25, -0.2) is 4.79 Å². The molecule has 0 aromatic heterocycles. The maximum atomic E-state index is 11.8. The van der Waals surface area contributed by atoms with Crippen molar-refractivity contribution in [3.8, 4) is 0 Å². The van der Waals surface area contributed by atoms with E-state index >= 15 is 0 Å². The number of rotatable bonds is 0. The number of nitrogens with zero attached hydrogens (tertiary/aromatic N) is 1. The number of carbonyl (C=O) groups excluding carboxylic acids is 1. The van der Waals surface area contributed by atoms with Crippen molar-refractivity contribution in [2.75, 3.05) is 13.1 Å². The molecule has 4 heteroatoms. The molecule has 3 atom stereocenters. The second-order valence-electron chi connectivity index (χ2n) is 5.71. The van der Waals surface area contributed by atoms with E-state index in [9.17, 15) is 4.79 Å². The van der Waals surface area contributed by atoms with Crippen LogP contribution in [0.4, 0.5) is 4.79 Å². The Balaban J connectivity index is 1.90. The molecule has 2 rings (SSSR count). The Hall–Kier alpha value is -0.770. The van der Waals surface area contributed by atoms with Gasteiger partial charge in [0, 0.05) is 19.1 Å². The topological polar surface area (TPSA) is 55.6 Å². The van der Waals surface area contributed by atoms with Gasteiger partial charge in [-0.15, -0.1) is 0 Å². The van der Waals surface area contributed by atoms with Crippen LogP contribution < -0.4 is 5.73 Å². The summed E-state index contributed by atoms with van der Waals surface area (Å²) in [5, 5.41) is 0. The Morgan fingerprint density at radius 1 is 1.40 bits per heavy atom. The van der Waals surface area contributed by atoms with Crippen molar-refractivity contribution >= 4 is 6.09 Å². The lowest BCUT2D eigenvalue weighted by Crippen LogP contribution is -2.48. The van der Waals surface area contributed by atoms with Crippen LogP contribution in [0, 0.1) is 11.8 Å². The zero-order chi connectivity index (χ0) is 11.2. The van der Waals surface area contributed by atoms with E-state index in [2.05, 4.69) is 0 Å². The SMILES string of the molecule is CC(C)(C)OC(=O)N1C[C@@H]2C[C@H]2[C@@H](N)C1. The minimum absolute atomic E-state index is 0.149. The molecular formula is C11H20N2O2. The van der Waals surface area contributed by atoms with Crippen LogP contribution in [0.5, 0.6) is 0 Å². The molecule has 2 aliphatic rings. The number of hydrogen-bond acceptors (Lipinski definition) is 3. The minimum Gasteiger partial charge on any atom is -0.444 e. The van der Waals surface area contributed by atoms with Gasteiger partial charge in [-0.2, -0.15) is 0 Å². The van der Waals surface area contributed by atoms with Crippen molar-refractivity contribution in [2.45, 2.75) is 38.8 Å². The summed E-state index contributed by atoms with van der Waals surface area (Å²) in [4.78, 5) is 13.5. The van der Waals surface area contributed by atoms with Gasteiger partial charge < -0.3 is 15.4 Å². The number of fused-ring (bicyclic) bond motifs is 1. The van der Waals surface area contributed by atoms with Crippen molar-refractivity contribution < 1.29 is 9.53 Å². The summed E-state index contributed by atoms with van der Waals surface area (Å²) in [5.74, 6) is 1.28. The van der Waals surface area contributed by atoms with Crippen LogP contribution >= 0.6 is 0 Å². The molecule has 0 aromatic rings. The van der Waals surface area contributed by atoms with Gasteiger partial charge in [-0.3, -0.25) is 0 Å². The maximum Gasteiger partial charge on any atom is 0.410 e. The van der Waals surface area contributed by atoms with Crippen LogP contribution in [-0.2, 0) is 4.74 Å². The molecule has 1 saturated carbocycles. The predicted octanol–water partition coefficient (Wildman–Crippen LogP) is 1.20. The fraction of sp³-hybridized carbons (Fsp3) is 0.909. The molecule has 0 bridgehead atoms. The third-order valence-corrected chi connectivity index (χ3v) is 3.07. The number of piperidine rings is 1. The summed E-state index contributed by atoms with van der Waals surface area (Å²) in [5.41, 5.74) is 5.55. The first-order valence-electron chi connectivity index (χ1n) is 5.60. The fourth-order valence-corrected chi connectivity index (χ4v) is 2.23. The van der Waals surface area contributed by atoms with Crippen molar-refractivity contribution in [3.63, 3.8) is 0 Å². The lowest BCUT2D eigenvalue weighted by atomic mass is 10.1. The molecule has 0 spiro atoms. The molecule has 1 aliphatic carbocycles. The molecular weight excluding hydrogens is 192 g/mol. The predicted molar refractivity (Wildman–Crippen MR) is 57.4 cm³/mol. The van der Waals surface area contributed by atoms with Crippen molar-refractivity contribution in [3.05, 3.63) is 0 Å². The standard InChI is InChI=1S/C11H20N2O2/c1-11(2,3)15-10(14)13-5-7-4-8(7)9(12)6-13/h7-9H,4-6,12H2,1-3H3/t7-,8+,9-/m0/s1. The zero-order valence-electron chi connectivity index (χ0n) is 9.69. The molecule has 1 aliphatic heterocycles. The molecule has 1 heterocycles. The van der Waals surface area contributed by atoms with Crippen molar-refractivity contribution in [1.29, 1.82) is 0 Å². The van der Waals surface area contributed by atoms with Gasteiger partial charge in [0.05, 0.1) is 0 Å². The Labute approximate surface area is 90.8 Å². The smallest absolute Gasteiger partial charge is 0.410 e. The van der Waals surface area contributed by atoms with Crippen molar-refractivity contribution in [2.24, 2.45) is 17.6 Å². The molecule has 86 valence electrons. The second-order valence-corrected chi connectivity index (χ2v) is 5.71. The van der Waals surface area contributed by atoms with E-state index in [4.69, 9.17) is 10.5 Å². The molecule has 0 radical (unpaired) electrons. The van der Waals surface area contributed by atoms with E-state index in [0.717, 1.165) is 6.54 Å². The summed E-state index contributed by atoms with van der Waals surface area (Å²) in [6.45, 7) is 7.13. The molecule has 15 heavy (non-hydrogen) atoms. The first kappa shape index (κ1) is 10.7. The van der Waals surface area contributed by atoms with Crippen LogP contribution in [0.2, 0.25) is 0 Å². The van der Waals surface area contributed by atoms with Gasteiger partial charge in [0.1, 0.15) is 5.60 Å². The van der Waals surface area contributed by atoms with E-state index in [-0.39, 0.29) is 12.1 Å². The average molecular weight is 212 g/mol. The van der Waals surface area contributed by atoms with Gasteiger partial charge >= 0.3 is 6.09 Å². The number of hydrogen-bond donors (Lipinski definition) is 1. The van der Waals surface area contributed by atoms with Crippen LogP contribution in [-0.4, -0.2) is 35.7 Å². The van der Waals surface area contributed by atoms with E-state index in [0.29, 0.717) is 18.4 Å². The first-order chi connectivity index (χ1) is 6.87. The summed E-state index contributed by atoms with van der Waals surface area (Å²) < 4.78 is 5.32. The van der Waals surface area contributed by atoms with E-state index in [1.54, 1.807) is 4.90 Å². The van der Waals surface area contributed by atoms with Crippen LogP contribution in [0.25, 0.3) is 0 Å².